The first-order chi connectivity index (χ1) is 5.33. The van der Waals surface area contributed by atoms with Crippen LogP contribution in [0.4, 0.5) is 0 Å². The van der Waals surface area contributed by atoms with Gasteiger partial charge in [0.25, 0.3) is 0 Å². The minimum absolute atomic E-state index is 0.784. The maximum Gasteiger partial charge on any atom is 0.0406 e. The quantitative estimate of drug-likeness (QED) is 0.676. The van der Waals surface area contributed by atoms with Crippen LogP contribution in [0.3, 0.4) is 0 Å². The Morgan fingerprint density at radius 2 is 1.91 bits per heavy atom. The van der Waals surface area contributed by atoms with Crippen LogP contribution >= 0.6 is 23.4 Å². The smallest absolute Gasteiger partial charge is 0.0406 e. The molecule has 58 valence electrons. The van der Waals surface area contributed by atoms with E-state index >= 15 is 0 Å². The minimum atomic E-state index is 0.784. The van der Waals surface area contributed by atoms with E-state index in [1.54, 1.807) is 11.8 Å². The molecule has 0 atom stereocenters. The Balaban J connectivity index is 2.73. The van der Waals surface area contributed by atoms with Crippen LogP contribution in [-0.4, -0.2) is 6.26 Å². The zero-order chi connectivity index (χ0) is 8.10. The zero-order valence-electron chi connectivity index (χ0n) is 6.25. The van der Waals surface area contributed by atoms with Gasteiger partial charge in [-0.25, -0.2) is 0 Å². The molecule has 0 aromatic heterocycles. The lowest BCUT2D eigenvalue weighted by atomic mass is 10.2. The van der Waals surface area contributed by atoms with Crippen LogP contribution in [0.15, 0.2) is 29.7 Å². The largest absolute Gasteiger partial charge is 0.138 e. The fraction of sp³-hybridized carbons (Fsp3) is 0.111. The van der Waals surface area contributed by atoms with Crippen molar-refractivity contribution in [3.63, 3.8) is 0 Å². The summed E-state index contributed by atoms with van der Waals surface area (Å²) in [5.41, 5.74) is 1.18. The first kappa shape index (κ1) is 8.69. The molecule has 11 heavy (non-hydrogen) atoms. The molecule has 0 unspecified atom stereocenters. The van der Waals surface area contributed by atoms with Crippen molar-refractivity contribution in [3.05, 3.63) is 40.3 Å². The zero-order valence-corrected chi connectivity index (χ0v) is 7.82. The molecule has 0 saturated heterocycles. The van der Waals surface area contributed by atoms with Crippen molar-refractivity contribution in [3.8, 4) is 0 Å². The van der Waals surface area contributed by atoms with Gasteiger partial charge in [-0.2, -0.15) is 0 Å². The van der Waals surface area contributed by atoms with E-state index in [0.717, 1.165) is 5.02 Å². The van der Waals surface area contributed by atoms with Gasteiger partial charge in [0.1, 0.15) is 0 Å². The molecule has 1 aromatic carbocycles. The van der Waals surface area contributed by atoms with Crippen molar-refractivity contribution in [1.29, 1.82) is 0 Å². The first-order valence-electron chi connectivity index (χ1n) is 3.28. The molecule has 0 aliphatic rings. The van der Waals surface area contributed by atoms with E-state index in [1.165, 1.54) is 5.56 Å². The Labute approximate surface area is 76.3 Å². The fourth-order valence-corrected chi connectivity index (χ4v) is 1.14. The maximum atomic E-state index is 5.72. The fourth-order valence-electron chi connectivity index (χ4n) is 0.721. The van der Waals surface area contributed by atoms with E-state index < -0.39 is 0 Å². The molecule has 0 fully saturated rings. The van der Waals surface area contributed by atoms with Crippen LogP contribution in [0.25, 0.3) is 6.08 Å². The number of rotatable bonds is 2. The van der Waals surface area contributed by atoms with E-state index in [4.69, 9.17) is 11.6 Å². The summed E-state index contributed by atoms with van der Waals surface area (Å²) >= 11 is 7.40. The molecule has 0 spiro atoms. The molecule has 0 amide bonds. The van der Waals surface area contributed by atoms with Gasteiger partial charge in [-0.3, -0.25) is 0 Å². The highest BCUT2D eigenvalue weighted by atomic mass is 35.5. The van der Waals surface area contributed by atoms with Gasteiger partial charge < -0.3 is 0 Å². The highest BCUT2D eigenvalue weighted by molar-refractivity contribution is 8.01. The molecule has 2 heteroatoms. The third-order valence-electron chi connectivity index (χ3n) is 1.27. The lowest BCUT2D eigenvalue weighted by Crippen LogP contribution is -1.68. The molecule has 0 saturated carbocycles. The molecule has 0 radical (unpaired) electrons. The minimum Gasteiger partial charge on any atom is -0.138 e. The van der Waals surface area contributed by atoms with Crippen molar-refractivity contribution >= 4 is 29.4 Å². The molecule has 0 nitrogen and oxygen atoms in total. The van der Waals surface area contributed by atoms with Crippen LogP contribution in [0.1, 0.15) is 5.56 Å². The van der Waals surface area contributed by atoms with Gasteiger partial charge in [-0.15, -0.1) is 11.8 Å². The van der Waals surface area contributed by atoms with E-state index in [-0.39, 0.29) is 0 Å². The molecule has 1 aromatic rings. The Hall–Kier alpha value is -0.400. The lowest BCUT2D eigenvalue weighted by molar-refractivity contribution is 1.66. The maximum absolute atomic E-state index is 5.72. The van der Waals surface area contributed by atoms with Gasteiger partial charge in [0.2, 0.25) is 0 Å². The molecule has 0 aliphatic carbocycles. The molecule has 0 bridgehead atoms. The summed E-state index contributed by atoms with van der Waals surface area (Å²) in [6.45, 7) is 0. The van der Waals surface area contributed by atoms with E-state index in [9.17, 15) is 0 Å². The van der Waals surface area contributed by atoms with Crippen molar-refractivity contribution in [1.82, 2.24) is 0 Å². The van der Waals surface area contributed by atoms with Gasteiger partial charge in [0.05, 0.1) is 0 Å². The molecule has 0 heterocycles. The second kappa shape index (κ2) is 4.47. The SMILES string of the molecule is CS/C=C/c1ccc(Cl)cc1. The number of halogens is 1. The Kier molecular flexibility index (Phi) is 3.53. The van der Waals surface area contributed by atoms with E-state index in [2.05, 4.69) is 6.08 Å². The van der Waals surface area contributed by atoms with Crippen molar-refractivity contribution in [2.75, 3.05) is 6.26 Å². The predicted molar refractivity (Wildman–Crippen MR) is 54.0 cm³/mol. The van der Waals surface area contributed by atoms with Crippen molar-refractivity contribution in [2.45, 2.75) is 0 Å². The van der Waals surface area contributed by atoms with E-state index in [1.807, 2.05) is 35.9 Å². The number of benzene rings is 1. The Morgan fingerprint density at radius 1 is 1.27 bits per heavy atom. The first-order valence-corrected chi connectivity index (χ1v) is 4.94. The summed E-state index contributed by atoms with van der Waals surface area (Å²) in [7, 11) is 0. The summed E-state index contributed by atoms with van der Waals surface area (Å²) in [5.74, 6) is 0. The average molecular weight is 185 g/mol. The molecule has 0 N–H and O–H groups in total. The summed E-state index contributed by atoms with van der Waals surface area (Å²) in [5, 5.41) is 2.83. The topological polar surface area (TPSA) is 0 Å². The van der Waals surface area contributed by atoms with Crippen molar-refractivity contribution < 1.29 is 0 Å². The molecular formula is C9H9ClS. The van der Waals surface area contributed by atoms with Crippen LogP contribution in [-0.2, 0) is 0 Å². The van der Waals surface area contributed by atoms with Gasteiger partial charge in [0, 0.05) is 5.02 Å². The molecular weight excluding hydrogens is 176 g/mol. The van der Waals surface area contributed by atoms with Gasteiger partial charge in [-0.1, -0.05) is 23.7 Å². The summed E-state index contributed by atoms with van der Waals surface area (Å²) in [6.07, 6.45) is 4.09. The summed E-state index contributed by atoms with van der Waals surface area (Å²) in [6, 6.07) is 7.77. The summed E-state index contributed by atoms with van der Waals surface area (Å²) < 4.78 is 0. The molecule has 0 aliphatic heterocycles. The van der Waals surface area contributed by atoms with Gasteiger partial charge >= 0.3 is 0 Å². The number of hydrogen-bond acceptors (Lipinski definition) is 1. The second-order valence-electron chi connectivity index (χ2n) is 2.09. The van der Waals surface area contributed by atoms with Crippen LogP contribution in [0.5, 0.6) is 0 Å². The normalized spacial score (nSPS) is 10.7. The summed E-state index contributed by atoms with van der Waals surface area (Å²) in [4.78, 5) is 0. The monoisotopic (exact) mass is 184 g/mol. The van der Waals surface area contributed by atoms with Crippen LogP contribution in [0, 0.1) is 0 Å². The van der Waals surface area contributed by atoms with E-state index in [0.29, 0.717) is 0 Å². The highest BCUT2D eigenvalue weighted by Gasteiger charge is 1.85. The number of thioether (sulfide) groups is 1. The van der Waals surface area contributed by atoms with Gasteiger partial charge in [0.15, 0.2) is 0 Å². The Bertz CT molecular complexity index is 238. The number of hydrogen-bond donors (Lipinski definition) is 0. The average Bonchev–Trinajstić information content (AvgIpc) is 2.04. The predicted octanol–water partition coefficient (Wildman–Crippen LogP) is 3.67. The van der Waals surface area contributed by atoms with Gasteiger partial charge in [-0.05, 0) is 35.4 Å². The lowest BCUT2D eigenvalue weighted by Gasteiger charge is -1.91. The third-order valence-corrected chi connectivity index (χ3v) is 1.93. The second-order valence-corrected chi connectivity index (χ2v) is 3.27. The third kappa shape index (κ3) is 3.00. The van der Waals surface area contributed by atoms with Crippen molar-refractivity contribution in [2.24, 2.45) is 0 Å². The molecule has 1 rings (SSSR count). The standard InChI is InChI=1S/C9H9ClS/c1-11-7-6-8-2-4-9(10)5-3-8/h2-7H,1H3/b7-6+. The van der Waals surface area contributed by atoms with Crippen LogP contribution < -0.4 is 0 Å². The highest BCUT2D eigenvalue weighted by Crippen LogP contribution is 2.11. The Morgan fingerprint density at radius 3 is 2.45 bits per heavy atom. The van der Waals surface area contributed by atoms with Crippen LogP contribution in [0.2, 0.25) is 5.02 Å².